The number of rotatable bonds is 2. The molecule has 4 nitrogen and oxygen atoms in total. The Morgan fingerprint density at radius 1 is 1.53 bits per heavy atom. The Balaban J connectivity index is 2.75. The first-order valence-electron chi connectivity index (χ1n) is 6.28. The number of nitrogens with zero attached hydrogens (tertiary/aromatic N) is 2. The van der Waals surface area contributed by atoms with Gasteiger partial charge in [-0.2, -0.15) is 5.26 Å². The van der Waals surface area contributed by atoms with E-state index in [0.717, 1.165) is 13.0 Å². The molecule has 1 N–H and O–H groups in total. The third-order valence-electron chi connectivity index (χ3n) is 3.58. The van der Waals surface area contributed by atoms with Crippen LogP contribution in [-0.4, -0.2) is 29.4 Å². The number of hydrogen-bond donors (Lipinski definition) is 1. The van der Waals surface area contributed by atoms with Gasteiger partial charge in [0, 0.05) is 12.0 Å². The van der Waals surface area contributed by atoms with Crippen LogP contribution in [0, 0.1) is 22.8 Å². The smallest absolute Gasteiger partial charge is 0.225 e. The average molecular weight is 237 g/mol. The molecular weight excluding hydrogens is 214 g/mol. The van der Waals surface area contributed by atoms with Crippen molar-refractivity contribution in [3.63, 3.8) is 0 Å². The Morgan fingerprint density at radius 2 is 2.12 bits per heavy atom. The molecule has 4 heteroatoms. The molecule has 0 aromatic carbocycles. The summed E-state index contributed by atoms with van der Waals surface area (Å²) in [6.07, 6.45) is 3.19. The van der Waals surface area contributed by atoms with Crippen molar-refractivity contribution in [3.8, 4) is 6.19 Å². The fourth-order valence-corrected chi connectivity index (χ4v) is 2.24. The van der Waals surface area contributed by atoms with E-state index in [1.54, 1.807) is 4.90 Å². The lowest BCUT2D eigenvalue weighted by Gasteiger charge is -2.27. The lowest BCUT2D eigenvalue weighted by molar-refractivity contribution is -0.129. The molecule has 3 unspecified atom stereocenters. The summed E-state index contributed by atoms with van der Waals surface area (Å²) in [4.78, 5) is 13.8. The first-order chi connectivity index (χ1) is 7.81. The fraction of sp³-hybridized carbons (Fsp3) is 0.846. The summed E-state index contributed by atoms with van der Waals surface area (Å²) in [5.74, 6) is 0.434. The quantitative estimate of drug-likeness (QED) is 0.744. The number of amides is 1. The van der Waals surface area contributed by atoms with Gasteiger partial charge < -0.3 is 10.2 Å². The second-order valence-corrected chi connectivity index (χ2v) is 5.91. The highest BCUT2D eigenvalue weighted by atomic mass is 16.2. The molecule has 17 heavy (non-hydrogen) atoms. The summed E-state index contributed by atoms with van der Waals surface area (Å²) < 4.78 is 0. The van der Waals surface area contributed by atoms with Crippen LogP contribution < -0.4 is 5.32 Å². The van der Waals surface area contributed by atoms with Crippen LogP contribution >= 0.6 is 0 Å². The maximum Gasteiger partial charge on any atom is 0.225 e. The lowest BCUT2D eigenvalue weighted by atomic mass is 9.92. The molecule has 0 spiro atoms. The molecule has 1 fully saturated rings. The molecule has 1 heterocycles. The Bertz CT molecular complexity index is 327. The van der Waals surface area contributed by atoms with Crippen molar-refractivity contribution in [2.45, 2.75) is 53.1 Å². The summed E-state index contributed by atoms with van der Waals surface area (Å²) in [5, 5.41) is 12.1. The number of nitriles is 1. The summed E-state index contributed by atoms with van der Waals surface area (Å²) in [7, 11) is 0. The van der Waals surface area contributed by atoms with E-state index in [4.69, 9.17) is 5.26 Å². The maximum absolute atomic E-state index is 12.0. The van der Waals surface area contributed by atoms with E-state index in [0.29, 0.717) is 5.92 Å². The molecule has 0 bridgehead atoms. The van der Waals surface area contributed by atoms with Gasteiger partial charge in [-0.05, 0) is 19.3 Å². The molecule has 1 rings (SSSR count). The topological polar surface area (TPSA) is 56.1 Å². The molecule has 96 valence electrons. The largest absolute Gasteiger partial charge is 0.350 e. The first kappa shape index (κ1) is 13.8. The Labute approximate surface area is 104 Å². The summed E-state index contributed by atoms with van der Waals surface area (Å²) >= 11 is 0. The molecule has 1 aliphatic rings. The molecular formula is C13H23N3O. The molecule has 0 aromatic rings. The monoisotopic (exact) mass is 237 g/mol. The van der Waals surface area contributed by atoms with Crippen LogP contribution in [0.2, 0.25) is 0 Å². The standard InChI is InChI=1S/C13H23N3O/c1-6-10-7-16(8-14)9(2)11(10)15-12(17)13(3,4)5/h9-11H,6-7H2,1-5H3,(H,15,17). The third kappa shape index (κ3) is 2.91. The van der Waals surface area contributed by atoms with E-state index in [9.17, 15) is 4.79 Å². The van der Waals surface area contributed by atoms with Crippen molar-refractivity contribution in [2.24, 2.45) is 11.3 Å². The van der Waals surface area contributed by atoms with E-state index < -0.39 is 0 Å². The van der Waals surface area contributed by atoms with Crippen LogP contribution in [0.25, 0.3) is 0 Å². The minimum Gasteiger partial charge on any atom is -0.350 e. The summed E-state index contributed by atoms with van der Waals surface area (Å²) in [5.41, 5.74) is -0.377. The first-order valence-corrected chi connectivity index (χ1v) is 6.28. The lowest BCUT2D eigenvalue weighted by Crippen LogP contribution is -2.48. The molecule has 1 aliphatic heterocycles. The SMILES string of the molecule is CCC1CN(C#N)C(C)C1NC(=O)C(C)(C)C. The van der Waals surface area contributed by atoms with Gasteiger partial charge >= 0.3 is 0 Å². The zero-order valence-corrected chi connectivity index (χ0v) is 11.4. The highest BCUT2D eigenvalue weighted by molar-refractivity contribution is 5.81. The highest BCUT2D eigenvalue weighted by Crippen LogP contribution is 2.26. The van der Waals surface area contributed by atoms with Crippen LogP contribution in [-0.2, 0) is 4.79 Å². The van der Waals surface area contributed by atoms with Crippen molar-refractivity contribution in [1.29, 1.82) is 5.26 Å². The van der Waals surface area contributed by atoms with Crippen molar-refractivity contribution in [1.82, 2.24) is 10.2 Å². The van der Waals surface area contributed by atoms with E-state index in [1.165, 1.54) is 0 Å². The predicted molar refractivity (Wildman–Crippen MR) is 66.9 cm³/mol. The van der Waals surface area contributed by atoms with Crippen LogP contribution in [0.5, 0.6) is 0 Å². The van der Waals surface area contributed by atoms with Crippen molar-refractivity contribution >= 4 is 5.91 Å². The molecule has 0 saturated carbocycles. The van der Waals surface area contributed by atoms with Crippen molar-refractivity contribution < 1.29 is 4.79 Å². The van der Waals surface area contributed by atoms with Gasteiger partial charge in [-0.1, -0.05) is 27.7 Å². The predicted octanol–water partition coefficient (Wildman–Crippen LogP) is 1.73. The number of likely N-dealkylation sites (tertiary alicyclic amines) is 1. The Morgan fingerprint density at radius 3 is 2.53 bits per heavy atom. The normalized spacial score (nSPS) is 28.9. The van der Waals surface area contributed by atoms with Crippen molar-refractivity contribution in [2.75, 3.05) is 6.54 Å². The van der Waals surface area contributed by atoms with Crippen LogP contribution in [0.4, 0.5) is 0 Å². The van der Waals surface area contributed by atoms with Gasteiger partial charge in [0.2, 0.25) is 5.91 Å². The number of carbonyl (C=O) groups excluding carboxylic acids is 1. The minimum absolute atomic E-state index is 0.0626. The fourth-order valence-electron chi connectivity index (χ4n) is 2.24. The highest BCUT2D eigenvalue weighted by Gasteiger charge is 2.40. The van der Waals surface area contributed by atoms with Gasteiger partial charge in [0.1, 0.15) is 0 Å². The van der Waals surface area contributed by atoms with E-state index in [-0.39, 0.29) is 23.4 Å². The molecule has 1 amide bonds. The average Bonchev–Trinajstić information content (AvgIpc) is 2.54. The number of hydrogen-bond acceptors (Lipinski definition) is 3. The zero-order chi connectivity index (χ0) is 13.2. The second-order valence-electron chi connectivity index (χ2n) is 5.91. The van der Waals surface area contributed by atoms with Crippen LogP contribution in [0.15, 0.2) is 0 Å². The Hall–Kier alpha value is -1.24. The number of carbonyl (C=O) groups is 1. The molecule has 3 atom stereocenters. The maximum atomic E-state index is 12.0. The minimum atomic E-state index is -0.377. The Kier molecular flexibility index (Phi) is 4.03. The molecule has 0 radical (unpaired) electrons. The molecule has 0 aliphatic carbocycles. The van der Waals surface area contributed by atoms with Gasteiger partial charge in [-0.15, -0.1) is 0 Å². The van der Waals surface area contributed by atoms with Gasteiger partial charge in [0.15, 0.2) is 6.19 Å². The van der Waals surface area contributed by atoms with Gasteiger partial charge in [-0.25, -0.2) is 0 Å². The van der Waals surface area contributed by atoms with E-state index in [2.05, 4.69) is 18.4 Å². The van der Waals surface area contributed by atoms with Gasteiger partial charge in [0.05, 0.1) is 12.1 Å². The number of nitrogens with one attached hydrogen (secondary N) is 1. The zero-order valence-electron chi connectivity index (χ0n) is 11.4. The van der Waals surface area contributed by atoms with Crippen LogP contribution in [0.3, 0.4) is 0 Å². The van der Waals surface area contributed by atoms with Crippen LogP contribution in [0.1, 0.15) is 41.0 Å². The van der Waals surface area contributed by atoms with E-state index >= 15 is 0 Å². The molecule has 0 aromatic heterocycles. The molecule has 1 saturated heterocycles. The van der Waals surface area contributed by atoms with Gasteiger partial charge in [-0.3, -0.25) is 4.79 Å². The third-order valence-corrected chi connectivity index (χ3v) is 3.58. The second kappa shape index (κ2) is 4.95. The summed E-state index contributed by atoms with van der Waals surface area (Å²) in [6.45, 7) is 10.6. The summed E-state index contributed by atoms with van der Waals surface area (Å²) in [6, 6.07) is 0.183. The van der Waals surface area contributed by atoms with E-state index in [1.807, 2.05) is 27.7 Å². The van der Waals surface area contributed by atoms with Crippen molar-refractivity contribution in [3.05, 3.63) is 0 Å². The van der Waals surface area contributed by atoms with Gasteiger partial charge in [0.25, 0.3) is 0 Å².